The first kappa shape index (κ1) is 13.5. The van der Waals surface area contributed by atoms with E-state index in [0.717, 1.165) is 0 Å². The van der Waals surface area contributed by atoms with E-state index in [4.69, 9.17) is 10.5 Å². The Hall–Kier alpha value is -2.43. The number of rotatable bonds is 1. The third kappa shape index (κ3) is 2.46. The van der Waals surface area contributed by atoms with Crippen molar-refractivity contribution in [1.82, 2.24) is 0 Å². The van der Waals surface area contributed by atoms with Gasteiger partial charge in [-0.2, -0.15) is 0 Å². The third-order valence-electron chi connectivity index (χ3n) is 3.17. The van der Waals surface area contributed by atoms with Crippen LogP contribution in [0.1, 0.15) is 25.0 Å². The first-order valence-corrected chi connectivity index (χ1v) is 6.50. The maximum Gasteiger partial charge on any atom is 0.195 e. The molecule has 108 valence electrons. The van der Waals surface area contributed by atoms with Crippen LogP contribution in [0.25, 0.3) is 0 Å². The van der Waals surface area contributed by atoms with E-state index in [2.05, 4.69) is 4.99 Å². The lowest BCUT2D eigenvalue weighted by Crippen LogP contribution is -2.33. The maximum atomic E-state index is 14.3. The first-order valence-electron chi connectivity index (χ1n) is 6.50. The number of hydrogen-bond acceptors (Lipinski definition) is 3. The van der Waals surface area contributed by atoms with Gasteiger partial charge in [-0.1, -0.05) is 0 Å². The molecule has 21 heavy (non-hydrogen) atoms. The fourth-order valence-corrected chi connectivity index (χ4v) is 2.35. The van der Waals surface area contributed by atoms with Crippen LogP contribution in [0.2, 0.25) is 0 Å². The fraction of sp³-hybridized carbons (Fsp3) is 0.188. The highest BCUT2D eigenvalue weighted by atomic mass is 19.1. The van der Waals surface area contributed by atoms with E-state index in [1.54, 1.807) is 32.0 Å². The van der Waals surface area contributed by atoms with Gasteiger partial charge in [0.25, 0.3) is 0 Å². The molecule has 2 aromatic carbocycles. The van der Waals surface area contributed by atoms with Crippen LogP contribution in [0.3, 0.4) is 0 Å². The zero-order chi connectivity index (χ0) is 15.2. The molecular formula is C16H14F2N2O. The molecule has 2 N–H and O–H groups in total. The number of hydrogen-bond donors (Lipinski definition) is 1. The van der Waals surface area contributed by atoms with Crippen molar-refractivity contribution in [3.05, 3.63) is 59.2 Å². The summed E-state index contributed by atoms with van der Waals surface area (Å²) in [6.45, 7) is 3.53. The number of anilines is 1. The number of benzene rings is 2. The molecule has 0 atom stereocenters. The minimum Gasteiger partial charge on any atom is -0.466 e. The Morgan fingerprint density at radius 1 is 1.10 bits per heavy atom. The van der Waals surface area contributed by atoms with Crippen LogP contribution in [0.15, 0.2) is 41.4 Å². The highest BCUT2D eigenvalue weighted by Crippen LogP contribution is 2.35. The highest BCUT2D eigenvalue weighted by molar-refractivity contribution is 6.15. The van der Waals surface area contributed by atoms with E-state index in [1.165, 1.54) is 18.2 Å². The van der Waals surface area contributed by atoms with Gasteiger partial charge in [0, 0.05) is 17.3 Å². The third-order valence-corrected chi connectivity index (χ3v) is 3.17. The number of ether oxygens (including phenoxy) is 1. The summed E-state index contributed by atoms with van der Waals surface area (Å²) in [5.41, 5.74) is 6.39. The van der Waals surface area contributed by atoms with Crippen molar-refractivity contribution in [2.24, 2.45) is 4.99 Å². The molecule has 0 unspecified atom stereocenters. The maximum absolute atomic E-state index is 14.3. The summed E-state index contributed by atoms with van der Waals surface area (Å²) in [5, 5.41) is 0. The van der Waals surface area contributed by atoms with Crippen LogP contribution in [0.4, 0.5) is 14.5 Å². The Morgan fingerprint density at radius 2 is 1.76 bits per heavy atom. The molecule has 0 amide bonds. The van der Waals surface area contributed by atoms with Gasteiger partial charge in [-0.15, -0.1) is 0 Å². The molecule has 2 aromatic rings. The van der Waals surface area contributed by atoms with Crippen molar-refractivity contribution >= 4 is 11.4 Å². The molecule has 3 rings (SSSR count). The van der Waals surface area contributed by atoms with Gasteiger partial charge in [-0.05, 0) is 44.2 Å². The van der Waals surface area contributed by atoms with Crippen molar-refractivity contribution < 1.29 is 13.5 Å². The topological polar surface area (TPSA) is 47.6 Å². The SMILES string of the molecule is CC1(C)N=C(c2ccc(F)cc2)c2c(F)cc(N)cc2O1. The summed E-state index contributed by atoms with van der Waals surface area (Å²) in [7, 11) is 0. The number of aliphatic imine (C=N–C) groups is 1. The summed E-state index contributed by atoms with van der Waals surface area (Å²) in [4.78, 5) is 4.44. The number of fused-ring (bicyclic) bond motifs is 1. The van der Waals surface area contributed by atoms with Gasteiger partial charge in [0.1, 0.15) is 17.4 Å². The average molecular weight is 288 g/mol. The summed E-state index contributed by atoms with van der Waals surface area (Å²) < 4.78 is 33.0. The lowest BCUT2D eigenvalue weighted by molar-refractivity contribution is 0.115. The molecule has 0 saturated heterocycles. The van der Waals surface area contributed by atoms with Crippen molar-refractivity contribution in [3.63, 3.8) is 0 Å². The van der Waals surface area contributed by atoms with Gasteiger partial charge in [-0.25, -0.2) is 13.8 Å². The van der Waals surface area contributed by atoms with Crippen molar-refractivity contribution in [2.45, 2.75) is 19.6 Å². The van der Waals surface area contributed by atoms with Crippen LogP contribution in [0, 0.1) is 11.6 Å². The van der Waals surface area contributed by atoms with Gasteiger partial charge in [0.2, 0.25) is 0 Å². The lowest BCUT2D eigenvalue weighted by Gasteiger charge is -2.30. The Bertz CT molecular complexity index is 737. The van der Waals surface area contributed by atoms with E-state index < -0.39 is 11.5 Å². The molecule has 0 aromatic heterocycles. The number of nitrogen functional groups attached to an aromatic ring is 1. The monoisotopic (exact) mass is 288 g/mol. The van der Waals surface area contributed by atoms with Crippen molar-refractivity contribution in [1.29, 1.82) is 0 Å². The number of halogens is 2. The quantitative estimate of drug-likeness (QED) is 0.816. The molecule has 0 fully saturated rings. The van der Waals surface area contributed by atoms with Crippen molar-refractivity contribution in [2.75, 3.05) is 5.73 Å². The molecule has 3 nitrogen and oxygen atoms in total. The second-order valence-corrected chi connectivity index (χ2v) is 5.39. The van der Waals surface area contributed by atoms with Gasteiger partial charge < -0.3 is 10.5 Å². The number of nitrogens with zero attached hydrogens (tertiary/aromatic N) is 1. The average Bonchev–Trinajstić information content (AvgIpc) is 2.36. The predicted molar refractivity (Wildman–Crippen MR) is 77.6 cm³/mol. The highest BCUT2D eigenvalue weighted by Gasteiger charge is 2.31. The molecule has 1 heterocycles. The van der Waals surface area contributed by atoms with E-state index in [9.17, 15) is 8.78 Å². The molecule has 0 spiro atoms. The summed E-state index contributed by atoms with van der Waals surface area (Å²) in [6.07, 6.45) is 0. The minimum atomic E-state index is -0.850. The molecule has 5 heteroatoms. The summed E-state index contributed by atoms with van der Waals surface area (Å²) in [6, 6.07) is 8.55. The second kappa shape index (κ2) is 4.55. The van der Waals surface area contributed by atoms with E-state index >= 15 is 0 Å². The van der Waals surface area contributed by atoms with Gasteiger partial charge in [-0.3, -0.25) is 0 Å². The predicted octanol–water partition coefficient (Wildman–Crippen LogP) is 3.51. The molecule has 0 radical (unpaired) electrons. The van der Waals surface area contributed by atoms with Crippen LogP contribution in [-0.4, -0.2) is 11.4 Å². The van der Waals surface area contributed by atoms with Gasteiger partial charge in [0.15, 0.2) is 5.72 Å². The lowest BCUT2D eigenvalue weighted by atomic mass is 9.98. The fourth-order valence-electron chi connectivity index (χ4n) is 2.35. The smallest absolute Gasteiger partial charge is 0.195 e. The molecule has 0 bridgehead atoms. The zero-order valence-electron chi connectivity index (χ0n) is 11.7. The first-order chi connectivity index (χ1) is 9.85. The van der Waals surface area contributed by atoms with Crippen LogP contribution >= 0.6 is 0 Å². The van der Waals surface area contributed by atoms with E-state index in [-0.39, 0.29) is 17.1 Å². The summed E-state index contributed by atoms with van der Waals surface area (Å²) >= 11 is 0. The van der Waals surface area contributed by atoms with E-state index in [1.807, 2.05) is 0 Å². The van der Waals surface area contributed by atoms with Crippen molar-refractivity contribution in [3.8, 4) is 5.75 Å². The Balaban J connectivity index is 2.24. The Kier molecular flexibility index (Phi) is 2.93. The zero-order valence-corrected chi connectivity index (χ0v) is 11.7. The van der Waals surface area contributed by atoms with Crippen LogP contribution < -0.4 is 10.5 Å². The molecule has 0 aliphatic carbocycles. The molecule has 1 aliphatic heterocycles. The minimum absolute atomic E-state index is 0.245. The van der Waals surface area contributed by atoms with Crippen LogP contribution in [-0.2, 0) is 0 Å². The van der Waals surface area contributed by atoms with E-state index in [0.29, 0.717) is 17.0 Å². The number of nitrogens with two attached hydrogens (primary N) is 1. The second-order valence-electron chi connectivity index (χ2n) is 5.39. The summed E-state index contributed by atoms with van der Waals surface area (Å²) in [5.74, 6) is -0.529. The Morgan fingerprint density at radius 3 is 2.43 bits per heavy atom. The standard InChI is InChI=1S/C16H14F2N2O/c1-16(2)20-15(9-3-5-10(17)6-4-9)14-12(18)7-11(19)8-13(14)21-16/h3-8H,19H2,1-2H3. The molecular weight excluding hydrogens is 274 g/mol. The van der Waals surface area contributed by atoms with Crippen LogP contribution in [0.5, 0.6) is 5.75 Å². The largest absolute Gasteiger partial charge is 0.466 e. The molecule has 1 aliphatic rings. The van der Waals surface area contributed by atoms with Gasteiger partial charge in [0.05, 0.1) is 11.3 Å². The Labute approximate surface area is 121 Å². The van der Waals surface area contributed by atoms with Gasteiger partial charge >= 0.3 is 0 Å². The molecule has 0 saturated carbocycles. The normalized spacial score (nSPS) is 15.9.